The lowest BCUT2D eigenvalue weighted by atomic mass is 9.87. The summed E-state index contributed by atoms with van der Waals surface area (Å²) in [5, 5.41) is 9.91. The number of hydrogen-bond donors (Lipinski definition) is 1. The topological polar surface area (TPSA) is 40.5 Å². The summed E-state index contributed by atoms with van der Waals surface area (Å²) in [6, 6.07) is 0. The predicted molar refractivity (Wildman–Crippen MR) is 41.0 cm³/mol. The Balaban J connectivity index is 2.72. The van der Waals surface area contributed by atoms with E-state index in [2.05, 4.69) is 0 Å². The Labute approximate surface area is 67.0 Å². The van der Waals surface area contributed by atoms with Gasteiger partial charge in [-0.1, -0.05) is 20.8 Å². The van der Waals surface area contributed by atoms with Crippen LogP contribution in [0.15, 0.2) is 0 Å². The highest BCUT2D eigenvalue weighted by Crippen LogP contribution is 2.29. The van der Waals surface area contributed by atoms with Crippen LogP contribution in [0.1, 0.15) is 20.8 Å². The Hall–Kier alpha value is -0.570. The zero-order valence-electron chi connectivity index (χ0n) is 7.24. The molecule has 11 heavy (non-hydrogen) atoms. The van der Waals surface area contributed by atoms with Gasteiger partial charge in [0.2, 0.25) is 5.91 Å². The van der Waals surface area contributed by atoms with Gasteiger partial charge in [-0.15, -0.1) is 0 Å². The minimum atomic E-state index is -0.118. The lowest BCUT2D eigenvalue weighted by molar-refractivity contribution is -0.160. The molecule has 1 fully saturated rings. The summed E-state index contributed by atoms with van der Waals surface area (Å²) >= 11 is 0. The van der Waals surface area contributed by atoms with Gasteiger partial charge in [0, 0.05) is 5.92 Å². The van der Waals surface area contributed by atoms with Crippen molar-refractivity contribution in [2.75, 3.05) is 6.54 Å². The van der Waals surface area contributed by atoms with E-state index in [1.165, 1.54) is 0 Å². The zero-order chi connectivity index (χ0) is 8.59. The number of carbonyl (C=O) groups excluding carboxylic acids is 1. The molecule has 64 valence electrons. The van der Waals surface area contributed by atoms with Crippen LogP contribution in [-0.2, 0) is 4.79 Å². The molecule has 0 bridgehead atoms. The van der Waals surface area contributed by atoms with Gasteiger partial charge in [0.15, 0.2) is 0 Å². The summed E-state index contributed by atoms with van der Waals surface area (Å²) in [7, 11) is 0. The molecule has 3 nitrogen and oxygen atoms in total. The molecule has 1 N–H and O–H groups in total. The third-order valence-corrected chi connectivity index (χ3v) is 2.33. The highest BCUT2D eigenvalue weighted by Gasteiger charge is 2.38. The maximum absolute atomic E-state index is 11.2. The molecule has 0 saturated carbocycles. The molecular formula is C8H15NO2. The van der Waals surface area contributed by atoms with E-state index < -0.39 is 0 Å². The molecule has 2 unspecified atom stereocenters. The number of hydroxylamine groups is 2. The summed E-state index contributed by atoms with van der Waals surface area (Å²) in [5.41, 5.74) is 0. The van der Waals surface area contributed by atoms with Gasteiger partial charge in [-0.2, -0.15) is 0 Å². The average Bonchev–Trinajstić information content (AvgIpc) is 2.07. The maximum Gasteiger partial charge on any atom is 0.249 e. The van der Waals surface area contributed by atoms with E-state index in [0.29, 0.717) is 12.5 Å². The van der Waals surface area contributed by atoms with Crippen molar-refractivity contribution >= 4 is 5.91 Å². The number of amides is 1. The molecule has 0 radical (unpaired) electrons. The average molecular weight is 157 g/mol. The standard InChI is InChI=1S/C8H15NO2/c1-5(2)7-6(3)4-9(11)8(7)10/h5-7,11H,4H2,1-3H3. The van der Waals surface area contributed by atoms with Crippen molar-refractivity contribution in [1.29, 1.82) is 0 Å². The van der Waals surface area contributed by atoms with Crippen molar-refractivity contribution in [3.63, 3.8) is 0 Å². The number of carbonyl (C=O) groups is 1. The predicted octanol–water partition coefficient (Wildman–Crippen LogP) is 1.13. The second-order valence-electron chi connectivity index (χ2n) is 3.67. The molecule has 1 heterocycles. The highest BCUT2D eigenvalue weighted by atomic mass is 16.5. The van der Waals surface area contributed by atoms with E-state index in [4.69, 9.17) is 5.21 Å². The summed E-state index contributed by atoms with van der Waals surface area (Å²) in [6.07, 6.45) is 0. The minimum absolute atomic E-state index is 0.0139. The van der Waals surface area contributed by atoms with Gasteiger partial charge in [0.05, 0.1) is 6.54 Å². The van der Waals surface area contributed by atoms with E-state index >= 15 is 0 Å². The molecule has 1 aliphatic rings. The van der Waals surface area contributed by atoms with Gasteiger partial charge in [-0.3, -0.25) is 10.0 Å². The summed E-state index contributed by atoms with van der Waals surface area (Å²) in [4.78, 5) is 11.2. The second-order valence-corrected chi connectivity index (χ2v) is 3.67. The van der Waals surface area contributed by atoms with Gasteiger partial charge in [0.1, 0.15) is 0 Å². The SMILES string of the molecule is CC(C)C1C(=O)N(O)CC1C. The van der Waals surface area contributed by atoms with E-state index in [1.54, 1.807) is 0 Å². The normalized spacial score (nSPS) is 32.1. The van der Waals surface area contributed by atoms with Crippen LogP contribution in [0, 0.1) is 17.8 Å². The van der Waals surface area contributed by atoms with Crippen molar-refractivity contribution in [2.24, 2.45) is 17.8 Å². The Kier molecular flexibility index (Phi) is 2.18. The Bertz CT molecular complexity index is 167. The molecule has 1 saturated heterocycles. The fourth-order valence-corrected chi connectivity index (χ4v) is 1.83. The molecule has 0 spiro atoms. The fraction of sp³-hybridized carbons (Fsp3) is 0.875. The number of hydrogen-bond acceptors (Lipinski definition) is 2. The molecule has 1 aliphatic heterocycles. The van der Waals surface area contributed by atoms with Crippen molar-refractivity contribution in [1.82, 2.24) is 5.06 Å². The monoisotopic (exact) mass is 157 g/mol. The fourth-order valence-electron chi connectivity index (χ4n) is 1.83. The van der Waals surface area contributed by atoms with E-state index in [1.807, 2.05) is 20.8 Å². The third kappa shape index (κ3) is 1.38. The van der Waals surface area contributed by atoms with Crippen LogP contribution in [-0.4, -0.2) is 22.7 Å². The van der Waals surface area contributed by atoms with Crippen LogP contribution in [0.5, 0.6) is 0 Å². The van der Waals surface area contributed by atoms with Gasteiger partial charge in [-0.25, -0.2) is 5.06 Å². The summed E-state index contributed by atoms with van der Waals surface area (Å²) in [5.74, 6) is 0.509. The molecule has 3 heteroatoms. The molecule has 1 rings (SSSR count). The summed E-state index contributed by atoms with van der Waals surface area (Å²) < 4.78 is 0. The molecule has 1 amide bonds. The van der Waals surface area contributed by atoms with Crippen LogP contribution in [0.4, 0.5) is 0 Å². The van der Waals surface area contributed by atoms with Crippen molar-refractivity contribution in [3.05, 3.63) is 0 Å². The third-order valence-electron chi connectivity index (χ3n) is 2.33. The van der Waals surface area contributed by atoms with E-state index in [0.717, 1.165) is 5.06 Å². The van der Waals surface area contributed by atoms with Crippen LogP contribution in [0.25, 0.3) is 0 Å². The van der Waals surface area contributed by atoms with Crippen LogP contribution < -0.4 is 0 Å². The first-order valence-electron chi connectivity index (χ1n) is 4.04. The van der Waals surface area contributed by atoms with E-state index in [9.17, 15) is 4.79 Å². The number of nitrogens with zero attached hydrogens (tertiary/aromatic N) is 1. The van der Waals surface area contributed by atoms with Crippen LogP contribution >= 0.6 is 0 Å². The number of rotatable bonds is 1. The Morgan fingerprint density at radius 2 is 2.18 bits per heavy atom. The largest absolute Gasteiger partial charge is 0.286 e. The second kappa shape index (κ2) is 2.81. The van der Waals surface area contributed by atoms with Crippen molar-refractivity contribution in [3.8, 4) is 0 Å². The first-order valence-corrected chi connectivity index (χ1v) is 4.04. The smallest absolute Gasteiger partial charge is 0.249 e. The van der Waals surface area contributed by atoms with Crippen molar-refractivity contribution < 1.29 is 10.0 Å². The van der Waals surface area contributed by atoms with Gasteiger partial charge < -0.3 is 0 Å². The van der Waals surface area contributed by atoms with Gasteiger partial charge >= 0.3 is 0 Å². The van der Waals surface area contributed by atoms with Gasteiger partial charge in [-0.05, 0) is 11.8 Å². The Morgan fingerprint density at radius 1 is 1.64 bits per heavy atom. The highest BCUT2D eigenvalue weighted by molar-refractivity contribution is 5.80. The first-order chi connectivity index (χ1) is 5.04. The van der Waals surface area contributed by atoms with Crippen molar-refractivity contribution in [2.45, 2.75) is 20.8 Å². The lowest BCUT2D eigenvalue weighted by Crippen LogP contribution is -2.26. The van der Waals surface area contributed by atoms with Crippen LogP contribution in [0.2, 0.25) is 0 Å². The maximum atomic E-state index is 11.2. The molecule has 0 aliphatic carbocycles. The minimum Gasteiger partial charge on any atom is -0.286 e. The van der Waals surface area contributed by atoms with E-state index in [-0.39, 0.29) is 17.7 Å². The molecule has 2 atom stereocenters. The first kappa shape index (κ1) is 8.53. The zero-order valence-corrected chi connectivity index (χ0v) is 7.24. The molecular weight excluding hydrogens is 142 g/mol. The van der Waals surface area contributed by atoms with Gasteiger partial charge in [0.25, 0.3) is 0 Å². The molecule has 0 aromatic carbocycles. The summed E-state index contributed by atoms with van der Waals surface area (Å²) in [6.45, 7) is 6.51. The van der Waals surface area contributed by atoms with Crippen LogP contribution in [0.3, 0.4) is 0 Å². The lowest BCUT2D eigenvalue weighted by Gasteiger charge is -2.15. The molecule has 0 aromatic rings. The molecule has 0 aromatic heterocycles. The quantitative estimate of drug-likeness (QED) is 0.579. The Morgan fingerprint density at radius 3 is 2.36 bits per heavy atom.